The predicted octanol–water partition coefficient (Wildman–Crippen LogP) is 4.82. The van der Waals surface area contributed by atoms with Gasteiger partial charge in [-0.25, -0.2) is 4.39 Å². The molecule has 4 heteroatoms. The maximum absolute atomic E-state index is 13.6. The quantitative estimate of drug-likeness (QED) is 0.729. The van der Waals surface area contributed by atoms with E-state index in [0.29, 0.717) is 6.04 Å². The first-order valence-electron chi connectivity index (χ1n) is 6.99. The number of benzene rings is 1. The molecule has 0 bridgehead atoms. The number of likely N-dealkylation sites (tertiary alicyclic amines) is 1. The molecule has 1 aliphatic rings. The number of thioether (sulfide) groups is 1. The van der Waals surface area contributed by atoms with Gasteiger partial charge in [-0.1, -0.05) is 18.2 Å². The molecule has 3 rings (SSSR count). The molecule has 0 saturated carbocycles. The topological polar surface area (TPSA) is 3.24 Å². The number of nitrogens with zero attached hydrogens (tertiary/aromatic N) is 1. The van der Waals surface area contributed by atoms with Crippen molar-refractivity contribution in [2.24, 2.45) is 0 Å². The van der Waals surface area contributed by atoms with Crippen LogP contribution in [0, 0.1) is 5.82 Å². The van der Waals surface area contributed by atoms with Gasteiger partial charge in [0.25, 0.3) is 0 Å². The first kappa shape index (κ1) is 14.1. The smallest absolute Gasteiger partial charge is 0.136 e. The lowest BCUT2D eigenvalue weighted by molar-refractivity contribution is 0.277. The Hall–Kier alpha value is -0.840. The van der Waals surface area contributed by atoms with Crippen LogP contribution in [0.2, 0.25) is 0 Å². The van der Waals surface area contributed by atoms with Crippen LogP contribution in [0.1, 0.15) is 23.8 Å². The van der Waals surface area contributed by atoms with Crippen molar-refractivity contribution in [2.75, 3.05) is 18.8 Å². The summed E-state index contributed by atoms with van der Waals surface area (Å²) in [5.74, 6) is 0.844. The maximum Gasteiger partial charge on any atom is 0.136 e. The van der Waals surface area contributed by atoms with Crippen molar-refractivity contribution in [2.45, 2.75) is 23.8 Å². The summed E-state index contributed by atoms with van der Waals surface area (Å²) in [6, 6.07) is 12.0. The van der Waals surface area contributed by atoms with E-state index in [1.807, 2.05) is 23.5 Å². The zero-order chi connectivity index (χ0) is 13.8. The van der Waals surface area contributed by atoms with E-state index in [0.717, 1.165) is 17.2 Å². The largest absolute Gasteiger partial charge is 0.295 e. The van der Waals surface area contributed by atoms with Crippen molar-refractivity contribution in [1.82, 2.24) is 4.90 Å². The third-order valence-electron chi connectivity index (χ3n) is 3.71. The van der Waals surface area contributed by atoms with Crippen molar-refractivity contribution in [3.63, 3.8) is 0 Å². The van der Waals surface area contributed by atoms with Crippen LogP contribution in [0.15, 0.2) is 46.7 Å². The summed E-state index contributed by atoms with van der Waals surface area (Å²) in [6.07, 6.45) is 2.53. The summed E-state index contributed by atoms with van der Waals surface area (Å²) < 4.78 is 13.6. The van der Waals surface area contributed by atoms with E-state index in [1.165, 1.54) is 30.3 Å². The summed E-state index contributed by atoms with van der Waals surface area (Å²) >= 11 is 3.47. The molecule has 106 valence electrons. The molecule has 0 N–H and O–H groups in total. The summed E-state index contributed by atoms with van der Waals surface area (Å²) in [6.45, 7) is 2.20. The zero-order valence-electron chi connectivity index (χ0n) is 11.3. The fourth-order valence-corrected chi connectivity index (χ4v) is 4.55. The van der Waals surface area contributed by atoms with E-state index in [4.69, 9.17) is 0 Å². The van der Waals surface area contributed by atoms with Gasteiger partial charge in [0, 0.05) is 28.1 Å². The Morgan fingerprint density at radius 3 is 2.95 bits per heavy atom. The Morgan fingerprint density at radius 2 is 2.15 bits per heavy atom. The third kappa shape index (κ3) is 3.25. The number of thiophene rings is 1. The zero-order valence-corrected chi connectivity index (χ0v) is 12.9. The number of hydrogen-bond donors (Lipinski definition) is 0. The third-order valence-corrected chi connectivity index (χ3v) is 5.71. The highest BCUT2D eigenvalue weighted by Crippen LogP contribution is 2.34. The molecule has 0 amide bonds. The first-order chi connectivity index (χ1) is 9.84. The second-order valence-electron chi connectivity index (χ2n) is 4.99. The maximum atomic E-state index is 13.6. The minimum atomic E-state index is -0.103. The summed E-state index contributed by atoms with van der Waals surface area (Å²) in [4.78, 5) is 4.78. The van der Waals surface area contributed by atoms with Crippen LogP contribution in [0.25, 0.3) is 0 Å². The molecule has 2 heterocycles. The van der Waals surface area contributed by atoms with Gasteiger partial charge in [-0.2, -0.15) is 0 Å². The van der Waals surface area contributed by atoms with Gasteiger partial charge in [0.2, 0.25) is 0 Å². The molecule has 1 atom stereocenters. The SMILES string of the molecule is Fc1ccccc1SCCN1CCCC1c1cccs1. The Kier molecular flexibility index (Phi) is 4.76. The molecule has 1 aromatic carbocycles. The van der Waals surface area contributed by atoms with Crippen LogP contribution < -0.4 is 0 Å². The summed E-state index contributed by atoms with van der Waals surface area (Å²) in [5, 5.41) is 2.15. The van der Waals surface area contributed by atoms with Gasteiger partial charge in [-0.3, -0.25) is 4.90 Å². The standard InChI is InChI=1S/C16H18FNS2/c17-13-5-1-2-7-15(13)20-12-10-18-9-3-6-14(18)16-8-4-11-19-16/h1-2,4-5,7-8,11,14H,3,6,9-10,12H2. The average Bonchev–Trinajstić information content (AvgIpc) is 3.11. The lowest BCUT2D eigenvalue weighted by Crippen LogP contribution is -2.25. The van der Waals surface area contributed by atoms with E-state index in [9.17, 15) is 4.39 Å². The molecular formula is C16H18FNS2. The summed E-state index contributed by atoms with van der Waals surface area (Å²) in [5.41, 5.74) is 0. The molecule has 1 nitrogen and oxygen atoms in total. The lowest BCUT2D eigenvalue weighted by atomic mass is 10.2. The van der Waals surface area contributed by atoms with Crippen molar-refractivity contribution in [3.8, 4) is 0 Å². The fourth-order valence-electron chi connectivity index (χ4n) is 2.73. The van der Waals surface area contributed by atoms with Gasteiger partial charge in [0.1, 0.15) is 5.82 Å². The molecule has 1 saturated heterocycles. The van der Waals surface area contributed by atoms with Crippen LogP contribution in [-0.2, 0) is 0 Å². The van der Waals surface area contributed by atoms with Gasteiger partial charge in [-0.05, 0) is 43.0 Å². The van der Waals surface area contributed by atoms with Crippen LogP contribution in [0.3, 0.4) is 0 Å². The van der Waals surface area contributed by atoms with Crippen LogP contribution >= 0.6 is 23.1 Å². The monoisotopic (exact) mass is 307 g/mol. The first-order valence-corrected chi connectivity index (χ1v) is 8.86. The fraction of sp³-hybridized carbons (Fsp3) is 0.375. The van der Waals surface area contributed by atoms with Gasteiger partial charge in [0.05, 0.1) is 0 Å². The van der Waals surface area contributed by atoms with Crippen molar-refractivity contribution < 1.29 is 4.39 Å². The van der Waals surface area contributed by atoms with E-state index in [-0.39, 0.29) is 5.82 Å². The Balaban J connectivity index is 1.54. The average molecular weight is 307 g/mol. The molecule has 1 fully saturated rings. The van der Waals surface area contributed by atoms with Crippen LogP contribution in [0.5, 0.6) is 0 Å². The molecule has 2 aromatic rings. The lowest BCUT2D eigenvalue weighted by Gasteiger charge is -2.23. The highest BCUT2D eigenvalue weighted by molar-refractivity contribution is 7.99. The van der Waals surface area contributed by atoms with Gasteiger partial charge in [0.15, 0.2) is 0 Å². The highest BCUT2D eigenvalue weighted by atomic mass is 32.2. The van der Waals surface area contributed by atoms with Crippen molar-refractivity contribution in [1.29, 1.82) is 0 Å². The van der Waals surface area contributed by atoms with Gasteiger partial charge >= 0.3 is 0 Å². The Morgan fingerprint density at radius 1 is 1.25 bits per heavy atom. The van der Waals surface area contributed by atoms with Crippen LogP contribution in [-0.4, -0.2) is 23.7 Å². The number of rotatable bonds is 5. The Bertz CT molecular complexity index is 541. The van der Waals surface area contributed by atoms with Crippen LogP contribution in [0.4, 0.5) is 4.39 Å². The summed E-state index contributed by atoms with van der Waals surface area (Å²) in [7, 11) is 0. The molecular weight excluding hydrogens is 289 g/mol. The van der Waals surface area contributed by atoms with E-state index < -0.39 is 0 Å². The normalized spacial score (nSPS) is 19.6. The second-order valence-corrected chi connectivity index (χ2v) is 7.10. The van der Waals surface area contributed by atoms with Gasteiger partial charge in [-0.15, -0.1) is 23.1 Å². The second kappa shape index (κ2) is 6.74. The van der Waals surface area contributed by atoms with E-state index >= 15 is 0 Å². The minimum Gasteiger partial charge on any atom is -0.295 e. The van der Waals surface area contributed by atoms with Crippen molar-refractivity contribution in [3.05, 3.63) is 52.5 Å². The molecule has 0 spiro atoms. The molecule has 20 heavy (non-hydrogen) atoms. The van der Waals surface area contributed by atoms with E-state index in [1.54, 1.807) is 17.8 Å². The minimum absolute atomic E-state index is 0.103. The molecule has 0 radical (unpaired) electrons. The Labute approximate surface area is 127 Å². The van der Waals surface area contributed by atoms with Crippen molar-refractivity contribution >= 4 is 23.1 Å². The number of hydrogen-bond acceptors (Lipinski definition) is 3. The van der Waals surface area contributed by atoms with E-state index in [2.05, 4.69) is 22.4 Å². The predicted molar refractivity (Wildman–Crippen MR) is 85.0 cm³/mol. The molecule has 1 aromatic heterocycles. The molecule has 1 aliphatic heterocycles. The molecule has 0 aliphatic carbocycles. The highest BCUT2D eigenvalue weighted by Gasteiger charge is 2.26. The molecule has 1 unspecified atom stereocenters. The van der Waals surface area contributed by atoms with Gasteiger partial charge < -0.3 is 0 Å². The number of halogens is 1.